The smallest absolute Gasteiger partial charge is 0.258 e. The lowest BCUT2D eigenvalue weighted by molar-refractivity contribution is -0.384. The molecule has 1 aliphatic heterocycles. The average molecular weight is 398 g/mol. The molecule has 2 aliphatic rings. The topological polar surface area (TPSA) is 80.5 Å². The SMILES string of the molecule is Cc1ccc(S(=O)(=O)N2[C@@H]3CCCCC3=C[C@H]2c2ccc([N+](=O)[O-])cc2)cc1. The van der Waals surface area contributed by atoms with Gasteiger partial charge in [0.15, 0.2) is 0 Å². The molecule has 2 aromatic rings. The molecule has 7 heteroatoms. The van der Waals surface area contributed by atoms with Gasteiger partial charge in [0.1, 0.15) is 0 Å². The van der Waals surface area contributed by atoms with E-state index in [0.29, 0.717) is 0 Å². The van der Waals surface area contributed by atoms with Crippen molar-refractivity contribution in [2.24, 2.45) is 0 Å². The van der Waals surface area contributed by atoms with E-state index >= 15 is 0 Å². The fourth-order valence-electron chi connectivity index (χ4n) is 4.16. The highest BCUT2D eigenvalue weighted by Crippen LogP contribution is 2.44. The van der Waals surface area contributed by atoms with Crippen LogP contribution in [0, 0.1) is 17.0 Å². The summed E-state index contributed by atoms with van der Waals surface area (Å²) in [4.78, 5) is 10.8. The van der Waals surface area contributed by atoms with Crippen molar-refractivity contribution in [1.29, 1.82) is 0 Å². The third-order valence-electron chi connectivity index (χ3n) is 5.62. The number of non-ortho nitro benzene ring substituents is 1. The van der Waals surface area contributed by atoms with E-state index in [4.69, 9.17) is 0 Å². The molecule has 1 fully saturated rings. The zero-order valence-electron chi connectivity index (χ0n) is 15.6. The van der Waals surface area contributed by atoms with Crippen molar-refractivity contribution in [1.82, 2.24) is 4.31 Å². The molecule has 2 atom stereocenters. The first-order valence-corrected chi connectivity index (χ1v) is 10.9. The fraction of sp³-hybridized carbons (Fsp3) is 0.333. The molecule has 6 nitrogen and oxygen atoms in total. The standard InChI is InChI=1S/C21H22N2O4S/c1-15-6-12-19(13-7-15)28(26,27)22-20-5-3-2-4-17(20)14-21(22)16-8-10-18(11-9-16)23(24)25/h6-14,20-21H,2-5H2,1H3/t20-,21+/m1/s1. The van der Waals surface area contributed by atoms with E-state index in [-0.39, 0.29) is 16.6 Å². The first-order chi connectivity index (χ1) is 13.4. The summed E-state index contributed by atoms with van der Waals surface area (Å²) in [6, 6.07) is 12.5. The first-order valence-electron chi connectivity index (χ1n) is 9.43. The lowest BCUT2D eigenvalue weighted by atomic mass is 9.92. The number of nitro groups is 1. The maximum atomic E-state index is 13.5. The lowest BCUT2D eigenvalue weighted by Crippen LogP contribution is -2.40. The van der Waals surface area contributed by atoms with Crippen LogP contribution < -0.4 is 0 Å². The minimum atomic E-state index is -3.70. The quantitative estimate of drug-likeness (QED) is 0.431. The maximum absolute atomic E-state index is 13.5. The Bertz CT molecular complexity index is 1030. The van der Waals surface area contributed by atoms with Crippen molar-refractivity contribution in [2.75, 3.05) is 0 Å². The van der Waals surface area contributed by atoms with E-state index in [0.717, 1.165) is 42.4 Å². The predicted octanol–water partition coefficient (Wildman–Crippen LogP) is 4.52. The molecule has 2 aromatic carbocycles. The van der Waals surface area contributed by atoms with Crippen LogP contribution >= 0.6 is 0 Å². The van der Waals surface area contributed by atoms with Gasteiger partial charge in [0.05, 0.1) is 15.9 Å². The summed E-state index contributed by atoms with van der Waals surface area (Å²) in [5, 5.41) is 11.0. The molecule has 28 heavy (non-hydrogen) atoms. The number of rotatable bonds is 4. The van der Waals surface area contributed by atoms with Gasteiger partial charge in [-0.15, -0.1) is 0 Å². The van der Waals surface area contributed by atoms with Crippen LogP contribution in [-0.4, -0.2) is 23.7 Å². The Hall–Kier alpha value is -2.51. The van der Waals surface area contributed by atoms with Crippen LogP contribution in [0.25, 0.3) is 0 Å². The van der Waals surface area contributed by atoms with Crippen molar-refractivity contribution in [3.8, 4) is 0 Å². The molecular formula is C21H22N2O4S. The van der Waals surface area contributed by atoms with Crippen molar-refractivity contribution >= 4 is 15.7 Å². The van der Waals surface area contributed by atoms with Crippen LogP contribution in [0.5, 0.6) is 0 Å². The Morgan fingerprint density at radius 2 is 1.71 bits per heavy atom. The van der Waals surface area contributed by atoms with Crippen LogP contribution in [0.1, 0.15) is 42.9 Å². The largest absolute Gasteiger partial charge is 0.269 e. The van der Waals surface area contributed by atoms with Crippen LogP contribution in [0.2, 0.25) is 0 Å². The molecular weight excluding hydrogens is 376 g/mol. The summed E-state index contributed by atoms with van der Waals surface area (Å²) < 4.78 is 28.7. The number of hydrogen-bond donors (Lipinski definition) is 0. The van der Waals surface area contributed by atoms with Crippen molar-refractivity contribution in [3.05, 3.63) is 81.4 Å². The molecule has 0 N–H and O–H groups in total. The van der Waals surface area contributed by atoms with E-state index in [1.807, 2.05) is 13.0 Å². The van der Waals surface area contributed by atoms with Crippen molar-refractivity contribution in [3.63, 3.8) is 0 Å². The number of nitro benzene ring substituents is 1. The highest BCUT2D eigenvalue weighted by Gasteiger charge is 2.44. The van der Waals surface area contributed by atoms with E-state index in [1.165, 1.54) is 12.1 Å². The van der Waals surface area contributed by atoms with Crippen LogP contribution in [0.3, 0.4) is 0 Å². The molecule has 0 spiro atoms. The van der Waals surface area contributed by atoms with Crippen LogP contribution in [0.4, 0.5) is 5.69 Å². The summed E-state index contributed by atoms with van der Waals surface area (Å²) in [7, 11) is -3.70. The number of benzene rings is 2. The summed E-state index contributed by atoms with van der Waals surface area (Å²) in [6.45, 7) is 1.92. The van der Waals surface area contributed by atoms with Crippen molar-refractivity contribution < 1.29 is 13.3 Å². The van der Waals surface area contributed by atoms with Gasteiger partial charge in [-0.3, -0.25) is 10.1 Å². The summed E-state index contributed by atoms with van der Waals surface area (Å²) in [6.07, 6.45) is 5.80. The van der Waals surface area contributed by atoms with Crippen LogP contribution in [0.15, 0.2) is 65.1 Å². The fourth-order valence-corrected chi connectivity index (χ4v) is 5.94. The molecule has 0 amide bonds. The second-order valence-electron chi connectivity index (χ2n) is 7.44. The molecule has 0 unspecified atom stereocenters. The van der Waals surface area contributed by atoms with Gasteiger partial charge in [-0.25, -0.2) is 8.42 Å². The Balaban J connectivity index is 1.77. The van der Waals surface area contributed by atoms with Gasteiger partial charge < -0.3 is 0 Å². The Kier molecular flexibility index (Phi) is 4.81. The van der Waals surface area contributed by atoms with Gasteiger partial charge in [0, 0.05) is 18.2 Å². The van der Waals surface area contributed by atoms with Crippen LogP contribution in [-0.2, 0) is 10.0 Å². The summed E-state index contributed by atoms with van der Waals surface area (Å²) in [5.74, 6) is 0. The molecule has 4 rings (SSSR count). The van der Waals surface area contributed by atoms with E-state index in [2.05, 4.69) is 0 Å². The molecule has 1 saturated carbocycles. The first kappa shape index (κ1) is 18.8. The highest BCUT2D eigenvalue weighted by molar-refractivity contribution is 7.89. The van der Waals surface area contributed by atoms with Gasteiger partial charge in [-0.1, -0.05) is 47.9 Å². The maximum Gasteiger partial charge on any atom is 0.269 e. The normalized spacial score (nSPS) is 22.5. The molecule has 0 bridgehead atoms. The van der Waals surface area contributed by atoms with E-state index in [1.54, 1.807) is 40.7 Å². The van der Waals surface area contributed by atoms with Gasteiger partial charge in [0.2, 0.25) is 10.0 Å². The second kappa shape index (κ2) is 7.14. The number of sulfonamides is 1. The molecule has 1 heterocycles. The number of hydrogen-bond acceptors (Lipinski definition) is 4. The van der Waals surface area contributed by atoms with Gasteiger partial charge in [0.25, 0.3) is 5.69 Å². The number of fused-ring (bicyclic) bond motifs is 1. The third-order valence-corrected chi connectivity index (χ3v) is 7.52. The highest BCUT2D eigenvalue weighted by atomic mass is 32.2. The van der Waals surface area contributed by atoms with E-state index < -0.39 is 21.0 Å². The molecule has 146 valence electrons. The average Bonchev–Trinajstić information content (AvgIpc) is 3.09. The summed E-state index contributed by atoms with van der Waals surface area (Å²) in [5.41, 5.74) is 2.91. The molecule has 0 saturated heterocycles. The zero-order valence-corrected chi connectivity index (χ0v) is 16.4. The minimum absolute atomic E-state index is 0.000224. The Morgan fingerprint density at radius 3 is 2.36 bits per heavy atom. The lowest BCUT2D eigenvalue weighted by Gasteiger charge is -2.33. The van der Waals surface area contributed by atoms with E-state index in [9.17, 15) is 18.5 Å². The second-order valence-corrected chi connectivity index (χ2v) is 9.29. The summed E-state index contributed by atoms with van der Waals surface area (Å²) >= 11 is 0. The Morgan fingerprint density at radius 1 is 1.04 bits per heavy atom. The Labute approximate surface area is 164 Å². The number of aryl methyl sites for hydroxylation is 1. The zero-order chi connectivity index (χ0) is 19.9. The molecule has 0 radical (unpaired) electrons. The number of nitrogens with zero attached hydrogens (tertiary/aromatic N) is 2. The minimum Gasteiger partial charge on any atom is -0.258 e. The van der Waals surface area contributed by atoms with Crippen molar-refractivity contribution in [2.45, 2.75) is 49.6 Å². The molecule has 1 aliphatic carbocycles. The third kappa shape index (κ3) is 3.25. The van der Waals surface area contributed by atoms with Gasteiger partial charge in [-0.05, 0) is 43.9 Å². The van der Waals surface area contributed by atoms with Gasteiger partial charge >= 0.3 is 0 Å². The predicted molar refractivity (Wildman–Crippen MR) is 106 cm³/mol. The van der Waals surface area contributed by atoms with Gasteiger partial charge in [-0.2, -0.15) is 4.31 Å². The molecule has 0 aromatic heterocycles. The monoisotopic (exact) mass is 398 g/mol.